The van der Waals surface area contributed by atoms with E-state index in [4.69, 9.17) is 17.3 Å². The van der Waals surface area contributed by atoms with E-state index in [1.54, 1.807) is 6.07 Å². The predicted molar refractivity (Wildman–Crippen MR) is 76.9 cm³/mol. The molecule has 2 aromatic rings. The Kier molecular flexibility index (Phi) is 4.59. The Morgan fingerprint density at radius 1 is 1.24 bits per heavy atom. The molecule has 4 nitrogen and oxygen atoms in total. The molecule has 1 amide bonds. The lowest BCUT2D eigenvalue weighted by molar-refractivity contribution is -0.0493. The van der Waals surface area contributed by atoms with Crippen LogP contribution in [0.5, 0.6) is 5.75 Å². The molecule has 2 rings (SSSR count). The van der Waals surface area contributed by atoms with Gasteiger partial charge >= 0.3 is 6.61 Å². The van der Waals surface area contributed by atoms with Crippen LogP contribution in [0.3, 0.4) is 0 Å². The summed E-state index contributed by atoms with van der Waals surface area (Å²) < 4.78 is 28.9. The SMILES string of the molecule is Nc1cc(Cl)cc(C(=O)Nc2ccccc2OC(F)F)c1. The van der Waals surface area contributed by atoms with Gasteiger partial charge < -0.3 is 15.8 Å². The quantitative estimate of drug-likeness (QED) is 0.845. The number of benzene rings is 2. The van der Waals surface area contributed by atoms with Gasteiger partial charge in [-0.25, -0.2) is 0 Å². The Labute approximate surface area is 124 Å². The highest BCUT2D eigenvalue weighted by molar-refractivity contribution is 6.31. The zero-order valence-corrected chi connectivity index (χ0v) is 11.4. The lowest BCUT2D eigenvalue weighted by atomic mass is 10.2. The van der Waals surface area contributed by atoms with Crippen molar-refractivity contribution >= 4 is 28.9 Å². The number of nitrogen functional groups attached to an aromatic ring is 1. The molecule has 0 aliphatic carbocycles. The topological polar surface area (TPSA) is 64.4 Å². The Morgan fingerprint density at radius 3 is 2.62 bits per heavy atom. The molecule has 0 saturated heterocycles. The van der Waals surface area contributed by atoms with Crippen molar-refractivity contribution in [1.82, 2.24) is 0 Å². The van der Waals surface area contributed by atoms with Gasteiger partial charge in [-0.3, -0.25) is 4.79 Å². The number of anilines is 2. The maximum atomic E-state index is 12.3. The average Bonchev–Trinajstić information content (AvgIpc) is 2.39. The highest BCUT2D eigenvalue weighted by Crippen LogP contribution is 2.26. The fourth-order valence-electron chi connectivity index (χ4n) is 1.71. The largest absolute Gasteiger partial charge is 0.433 e. The number of nitrogens with one attached hydrogen (secondary N) is 1. The molecule has 0 spiro atoms. The van der Waals surface area contributed by atoms with E-state index >= 15 is 0 Å². The first-order valence-corrected chi connectivity index (χ1v) is 6.25. The van der Waals surface area contributed by atoms with Crippen molar-refractivity contribution in [3.63, 3.8) is 0 Å². The summed E-state index contributed by atoms with van der Waals surface area (Å²) in [4.78, 5) is 12.1. The van der Waals surface area contributed by atoms with Crippen LogP contribution in [-0.2, 0) is 0 Å². The van der Waals surface area contributed by atoms with Gasteiger partial charge in [0.1, 0.15) is 5.75 Å². The fraction of sp³-hybridized carbons (Fsp3) is 0.0714. The average molecular weight is 313 g/mol. The smallest absolute Gasteiger partial charge is 0.387 e. The Balaban J connectivity index is 2.23. The first-order chi connectivity index (χ1) is 9.95. The molecule has 0 heterocycles. The van der Waals surface area contributed by atoms with E-state index < -0.39 is 12.5 Å². The second-order valence-electron chi connectivity index (χ2n) is 4.10. The van der Waals surface area contributed by atoms with Gasteiger partial charge in [0.05, 0.1) is 5.69 Å². The summed E-state index contributed by atoms with van der Waals surface area (Å²) in [7, 11) is 0. The van der Waals surface area contributed by atoms with E-state index in [0.29, 0.717) is 10.7 Å². The monoisotopic (exact) mass is 312 g/mol. The van der Waals surface area contributed by atoms with Crippen LogP contribution in [0.25, 0.3) is 0 Å². The summed E-state index contributed by atoms with van der Waals surface area (Å²) >= 11 is 5.81. The second-order valence-corrected chi connectivity index (χ2v) is 4.54. The second kappa shape index (κ2) is 6.41. The molecule has 0 aromatic heterocycles. The molecule has 2 aromatic carbocycles. The van der Waals surface area contributed by atoms with Crippen LogP contribution in [0, 0.1) is 0 Å². The Hall–Kier alpha value is -2.34. The number of para-hydroxylation sites is 2. The maximum absolute atomic E-state index is 12.3. The van der Waals surface area contributed by atoms with Crippen molar-refractivity contribution in [2.24, 2.45) is 0 Å². The summed E-state index contributed by atoms with van der Waals surface area (Å²) in [6, 6.07) is 10.2. The van der Waals surface area contributed by atoms with E-state index in [1.165, 1.54) is 36.4 Å². The molecule has 0 fully saturated rings. The first-order valence-electron chi connectivity index (χ1n) is 5.87. The molecule has 3 N–H and O–H groups in total. The first kappa shape index (κ1) is 15.1. The molecule has 0 saturated carbocycles. The van der Waals surface area contributed by atoms with Crippen LogP contribution in [0.1, 0.15) is 10.4 Å². The zero-order chi connectivity index (χ0) is 15.4. The fourth-order valence-corrected chi connectivity index (χ4v) is 1.95. The molecule has 21 heavy (non-hydrogen) atoms. The molecule has 0 radical (unpaired) electrons. The lowest BCUT2D eigenvalue weighted by Crippen LogP contribution is -2.14. The minimum atomic E-state index is -2.98. The number of hydrogen-bond donors (Lipinski definition) is 2. The minimum absolute atomic E-state index is 0.126. The summed E-state index contributed by atoms with van der Waals surface area (Å²) in [5.74, 6) is -0.662. The van der Waals surface area contributed by atoms with E-state index in [9.17, 15) is 13.6 Å². The van der Waals surface area contributed by atoms with Gasteiger partial charge in [-0.05, 0) is 30.3 Å². The van der Waals surface area contributed by atoms with Gasteiger partial charge in [-0.15, -0.1) is 0 Å². The van der Waals surface area contributed by atoms with E-state index in [0.717, 1.165) is 0 Å². The van der Waals surface area contributed by atoms with Crippen molar-refractivity contribution in [3.05, 3.63) is 53.1 Å². The van der Waals surface area contributed by atoms with E-state index in [1.807, 2.05) is 0 Å². The third kappa shape index (κ3) is 4.06. The summed E-state index contributed by atoms with van der Waals surface area (Å²) in [5.41, 5.74) is 6.26. The van der Waals surface area contributed by atoms with Gasteiger partial charge in [-0.2, -0.15) is 8.78 Å². The number of carbonyl (C=O) groups is 1. The number of amides is 1. The molecule has 0 atom stereocenters. The number of nitrogens with two attached hydrogens (primary N) is 1. The van der Waals surface area contributed by atoms with Crippen LogP contribution in [0.2, 0.25) is 5.02 Å². The van der Waals surface area contributed by atoms with Crippen molar-refractivity contribution in [1.29, 1.82) is 0 Å². The van der Waals surface area contributed by atoms with Crippen molar-refractivity contribution in [2.75, 3.05) is 11.1 Å². The van der Waals surface area contributed by atoms with Gasteiger partial charge in [0, 0.05) is 16.3 Å². The summed E-state index contributed by atoms with van der Waals surface area (Å²) in [6.45, 7) is -2.98. The molecule has 0 unspecified atom stereocenters. The number of ether oxygens (including phenoxy) is 1. The number of carbonyl (C=O) groups excluding carboxylic acids is 1. The molecule has 0 aliphatic heterocycles. The molecular weight excluding hydrogens is 302 g/mol. The molecule has 0 bridgehead atoms. The Bertz CT molecular complexity index is 645. The van der Waals surface area contributed by atoms with Gasteiger partial charge in [0.25, 0.3) is 5.91 Å². The lowest BCUT2D eigenvalue weighted by Gasteiger charge is -2.12. The maximum Gasteiger partial charge on any atom is 0.387 e. The predicted octanol–water partition coefficient (Wildman–Crippen LogP) is 3.78. The van der Waals surface area contributed by atoms with Gasteiger partial charge in [0.15, 0.2) is 0 Å². The van der Waals surface area contributed by atoms with Crippen molar-refractivity contribution in [2.45, 2.75) is 6.61 Å². The normalized spacial score (nSPS) is 10.5. The Morgan fingerprint density at radius 2 is 1.95 bits per heavy atom. The molecule has 110 valence electrons. The van der Waals surface area contributed by atoms with Crippen LogP contribution in [-0.4, -0.2) is 12.5 Å². The summed E-state index contributed by atoms with van der Waals surface area (Å²) in [6.07, 6.45) is 0. The standard InChI is InChI=1S/C14H11ClF2N2O2/c15-9-5-8(6-10(18)7-9)13(20)19-11-3-1-2-4-12(11)21-14(16)17/h1-7,14H,18H2,(H,19,20). The van der Waals surface area contributed by atoms with Crippen LogP contribution in [0.4, 0.5) is 20.2 Å². The third-order valence-corrected chi connectivity index (χ3v) is 2.75. The van der Waals surface area contributed by atoms with Crippen LogP contribution >= 0.6 is 11.6 Å². The molecular formula is C14H11ClF2N2O2. The third-order valence-electron chi connectivity index (χ3n) is 2.53. The van der Waals surface area contributed by atoms with Gasteiger partial charge in [-0.1, -0.05) is 23.7 Å². The van der Waals surface area contributed by atoms with Crippen molar-refractivity contribution < 1.29 is 18.3 Å². The van der Waals surface area contributed by atoms with Gasteiger partial charge in [0.2, 0.25) is 0 Å². The number of halogens is 3. The zero-order valence-electron chi connectivity index (χ0n) is 10.6. The number of rotatable bonds is 4. The molecule has 0 aliphatic rings. The van der Waals surface area contributed by atoms with E-state index in [-0.39, 0.29) is 17.0 Å². The van der Waals surface area contributed by atoms with Crippen LogP contribution in [0.15, 0.2) is 42.5 Å². The number of alkyl halides is 2. The van der Waals surface area contributed by atoms with E-state index in [2.05, 4.69) is 10.1 Å². The van der Waals surface area contributed by atoms with Crippen LogP contribution < -0.4 is 15.8 Å². The van der Waals surface area contributed by atoms with Crippen molar-refractivity contribution in [3.8, 4) is 5.75 Å². The number of hydrogen-bond acceptors (Lipinski definition) is 3. The molecule has 7 heteroatoms. The summed E-state index contributed by atoms with van der Waals surface area (Å²) in [5, 5.41) is 2.78. The highest BCUT2D eigenvalue weighted by atomic mass is 35.5. The minimum Gasteiger partial charge on any atom is -0.433 e. The highest BCUT2D eigenvalue weighted by Gasteiger charge is 2.13.